The Hall–Kier alpha value is -1.52. The summed E-state index contributed by atoms with van der Waals surface area (Å²) >= 11 is 3.46. The molecule has 0 fully saturated rings. The molecule has 2 aromatic carbocycles. The molecule has 0 amide bonds. The van der Waals surface area contributed by atoms with E-state index in [1.54, 1.807) is 7.11 Å². The fraction of sp³-hybridized carbons (Fsp3) is 0.200. The van der Waals surface area contributed by atoms with Gasteiger partial charge < -0.3 is 15.2 Å². The van der Waals surface area contributed by atoms with E-state index in [0.29, 0.717) is 0 Å². The number of benzene rings is 2. The highest BCUT2D eigenvalue weighted by atomic mass is 79.9. The average molecular weight is 322 g/mol. The van der Waals surface area contributed by atoms with Gasteiger partial charge in [-0.25, -0.2) is 0 Å². The SMILES string of the molecule is COc1ccc(C(CO)Nc2ccccc2)cc1Br. The van der Waals surface area contributed by atoms with E-state index in [4.69, 9.17) is 4.74 Å². The second kappa shape index (κ2) is 6.59. The maximum Gasteiger partial charge on any atom is 0.133 e. The first-order valence-corrected chi connectivity index (χ1v) is 6.79. The third-order valence-corrected chi connectivity index (χ3v) is 3.50. The lowest BCUT2D eigenvalue weighted by Crippen LogP contribution is -2.14. The summed E-state index contributed by atoms with van der Waals surface area (Å²) in [6.07, 6.45) is 0. The van der Waals surface area contributed by atoms with E-state index in [9.17, 15) is 5.11 Å². The van der Waals surface area contributed by atoms with Gasteiger partial charge in [0.05, 0.1) is 24.2 Å². The van der Waals surface area contributed by atoms with E-state index in [0.717, 1.165) is 21.5 Å². The van der Waals surface area contributed by atoms with Crippen molar-refractivity contribution in [2.45, 2.75) is 6.04 Å². The van der Waals surface area contributed by atoms with Gasteiger partial charge in [-0.3, -0.25) is 0 Å². The van der Waals surface area contributed by atoms with E-state index in [1.165, 1.54) is 0 Å². The molecule has 1 atom stereocenters. The zero-order valence-corrected chi connectivity index (χ0v) is 12.2. The van der Waals surface area contributed by atoms with E-state index in [-0.39, 0.29) is 12.6 Å². The van der Waals surface area contributed by atoms with E-state index < -0.39 is 0 Å². The normalized spacial score (nSPS) is 11.9. The second-order valence-electron chi connectivity index (χ2n) is 4.14. The van der Waals surface area contributed by atoms with Crippen LogP contribution >= 0.6 is 15.9 Å². The van der Waals surface area contributed by atoms with Crippen molar-refractivity contribution in [2.75, 3.05) is 19.0 Å². The summed E-state index contributed by atoms with van der Waals surface area (Å²) in [4.78, 5) is 0. The molecule has 2 aromatic rings. The van der Waals surface area contributed by atoms with Crippen LogP contribution in [0, 0.1) is 0 Å². The Morgan fingerprint density at radius 1 is 1.21 bits per heavy atom. The van der Waals surface area contributed by atoms with Crippen molar-refractivity contribution in [1.82, 2.24) is 0 Å². The largest absolute Gasteiger partial charge is 0.496 e. The van der Waals surface area contributed by atoms with Crippen LogP contribution in [0.5, 0.6) is 5.75 Å². The molecule has 0 aliphatic heterocycles. The molecule has 0 saturated carbocycles. The first-order valence-electron chi connectivity index (χ1n) is 6.00. The summed E-state index contributed by atoms with van der Waals surface area (Å²) in [5.74, 6) is 0.778. The van der Waals surface area contributed by atoms with Crippen LogP contribution < -0.4 is 10.1 Å². The van der Waals surface area contributed by atoms with Crippen LogP contribution in [0.1, 0.15) is 11.6 Å². The van der Waals surface area contributed by atoms with Gasteiger partial charge in [-0.2, -0.15) is 0 Å². The zero-order chi connectivity index (χ0) is 13.7. The maximum atomic E-state index is 9.55. The van der Waals surface area contributed by atoms with Crippen LogP contribution in [0.15, 0.2) is 53.0 Å². The Bertz CT molecular complexity index is 531. The third-order valence-electron chi connectivity index (χ3n) is 2.88. The number of ether oxygens (including phenoxy) is 1. The number of hydrogen-bond donors (Lipinski definition) is 2. The van der Waals surface area contributed by atoms with Crippen LogP contribution in [0.25, 0.3) is 0 Å². The second-order valence-corrected chi connectivity index (χ2v) is 4.99. The van der Waals surface area contributed by atoms with Crippen molar-refractivity contribution in [2.24, 2.45) is 0 Å². The minimum atomic E-state index is -0.149. The van der Waals surface area contributed by atoms with Gasteiger partial charge in [0, 0.05) is 5.69 Å². The van der Waals surface area contributed by atoms with Crippen LogP contribution in [-0.4, -0.2) is 18.8 Å². The fourth-order valence-electron chi connectivity index (χ4n) is 1.87. The van der Waals surface area contributed by atoms with Crippen LogP contribution in [0.3, 0.4) is 0 Å². The van der Waals surface area contributed by atoms with Crippen molar-refractivity contribution < 1.29 is 9.84 Å². The van der Waals surface area contributed by atoms with Gasteiger partial charge in [0.25, 0.3) is 0 Å². The number of para-hydroxylation sites is 1. The molecule has 2 N–H and O–H groups in total. The summed E-state index contributed by atoms with van der Waals surface area (Å²) < 4.78 is 6.08. The predicted molar refractivity (Wildman–Crippen MR) is 80.6 cm³/mol. The van der Waals surface area contributed by atoms with Gasteiger partial charge >= 0.3 is 0 Å². The lowest BCUT2D eigenvalue weighted by Gasteiger charge is -2.19. The minimum Gasteiger partial charge on any atom is -0.496 e. The number of nitrogens with one attached hydrogen (secondary N) is 1. The monoisotopic (exact) mass is 321 g/mol. The van der Waals surface area contributed by atoms with Gasteiger partial charge in [0.1, 0.15) is 5.75 Å². The van der Waals surface area contributed by atoms with Crippen molar-refractivity contribution in [3.05, 3.63) is 58.6 Å². The minimum absolute atomic E-state index is 0.0215. The molecule has 100 valence electrons. The molecule has 0 heterocycles. The lowest BCUT2D eigenvalue weighted by atomic mass is 10.1. The number of aliphatic hydroxyl groups excluding tert-OH is 1. The summed E-state index contributed by atoms with van der Waals surface area (Å²) in [5.41, 5.74) is 1.98. The Morgan fingerprint density at radius 2 is 1.95 bits per heavy atom. The zero-order valence-electron chi connectivity index (χ0n) is 10.6. The van der Waals surface area contributed by atoms with E-state index in [1.807, 2.05) is 48.5 Å². The molecule has 0 saturated heterocycles. The summed E-state index contributed by atoms with van der Waals surface area (Å²) in [6.45, 7) is 0.0215. The van der Waals surface area contributed by atoms with Crippen LogP contribution in [0.2, 0.25) is 0 Å². The van der Waals surface area contributed by atoms with Gasteiger partial charge in [-0.15, -0.1) is 0 Å². The average Bonchev–Trinajstić information content (AvgIpc) is 2.46. The molecule has 0 aliphatic rings. The quantitative estimate of drug-likeness (QED) is 0.884. The Balaban J connectivity index is 2.20. The Kier molecular flexibility index (Phi) is 4.82. The van der Waals surface area contributed by atoms with Crippen molar-refractivity contribution >= 4 is 21.6 Å². The third kappa shape index (κ3) is 3.49. The number of aliphatic hydroxyl groups is 1. The molecule has 4 heteroatoms. The molecule has 0 aliphatic carbocycles. The summed E-state index contributed by atoms with van der Waals surface area (Å²) in [5, 5.41) is 12.8. The Morgan fingerprint density at radius 3 is 2.53 bits per heavy atom. The van der Waals surface area contributed by atoms with Gasteiger partial charge in [-0.05, 0) is 45.8 Å². The Labute approximate surface area is 121 Å². The molecule has 1 unspecified atom stereocenters. The molecule has 0 aromatic heterocycles. The number of methoxy groups -OCH3 is 1. The molecular weight excluding hydrogens is 306 g/mol. The predicted octanol–water partition coefficient (Wildman–Crippen LogP) is 3.60. The number of rotatable bonds is 5. The van der Waals surface area contributed by atoms with Crippen LogP contribution in [0.4, 0.5) is 5.69 Å². The smallest absolute Gasteiger partial charge is 0.133 e. The molecule has 2 rings (SSSR count). The number of hydrogen-bond acceptors (Lipinski definition) is 3. The van der Waals surface area contributed by atoms with Crippen molar-refractivity contribution in [3.8, 4) is 5.75 Å². The van der Waals surface area contributed by atoms with Crippen molar-refractivity contribution in [3.63, 3.8) is 0 Å². The fourth-order valence-corrected chi connectivity index (χ4v) is 2.43. The number of halogens is 1. The molecule has 19 heavy (non-hydrogen) atoms. The standard InChI is InChI=1S/C15H16BrNO2/c1-19-15-8-7-11(9-13(15)16)14(10-18)17-12-5-3-2-4-6-12/h2-9,14,17-18H,10H2,1H3. The molecule has 0 bridgehead atoms. The highest BCUT2D eigenvalue weighted by Crippen LogP contribution is 2.29. The first kappa shape index (κ1) is 13.9. The molecule has 3 nitrogen and oxygen atoms in total. The molecular formula is C15H16BrNO2. The first-order chi connectivity index (χ1) is 9.24. The van der Waals surface area contributed by atoms with Gasteiger partial charge in [0.2, 0.25) is 0 Å². The van der Waals surface area contributed by atoms with Crippen molar-refractivity contribution in [1.29, 1.82) is 0 Å². The highest BCUT2D eigenvalue weighted by molar-refractivity contribution is 9.10. The molecule has 0 spiro atoms. The maximum absolute atomic E-state index is 9.55. The highest BCUT2D eigenvalue weighted by Gasteiger charge is 2.12. The molecule has 0 radical (unpaired) electrons. The van der Waals surface area contributed by atoms with E-state index >= 15 is 0 Å². The van der Waals surface area contributed by atoms with Gasteiger partial charge in [-0.1, -0.05) is 24.3 Å². The van der Waals surface area contributed by atoms with E-state index in [2.05, 4.69) is 21.2 Å². The lowest BCUT2D eigenvalue weighted by molar-refractivity contribution is 0.276. The number of anilines is 1. The van der Waals surface area contributed by atoms with Gasteiger partial charge in [0.15, 0.2) is 0 Å². The topological polar surface area (TPSA) is 41.5 Å². The van der Waals surface area contributed by atoms with Crippen LogP contribution in [-0.2, 0) is 0 Å². The summed E-state index contributed by atoms with van der Waals surface area (Å²) in [7, 11) is 1.63. The summed E-state index contributed by atoms with van der Waals surface area (Å²) in [6, 6.07) is 15.5.